The summed E-state index contributed by atoms with van der Waals surface area (Å²) in [5, 5.41) is 10.1. The molecule has 0 radical (unpaired) electrons. The fraction of sp³-hybridized carbons (Fsp3) is 0.300. The van der Waals surface area contributed by atoms with Crippen LogP contribution in [-0.4, -0.2) is 24.9 Å². The lowest BCUT2D eigenvalue weighted by Gasteiger charge is -2.38. The van der Waals surface area contributed by atoms with E-state index in [0.717, 1.165) is 16.7 Å². The normalized spacial score (nSPS) is 15.6. The van der Waals surface area contributed by atoms with Gasteiger partial charge in [0.05, 0.1) is 31.7 Å². The Kier molecular flexibility index (Phi) is 7.85. The van der Waals surface area contributed by atoms with Gasteiger partial charge in [-0.1, -0.05) is 42.8 Å². The zero-order valence-electron chi connectivity index (χ0n) is 21.3. The molecule has 0 aliphatic carbocycles. The molecule has 3 aromatic carbocycles. The number of rotatable bonds is 8. The first-order chi connectivity index (χ1) is 17.8. The van der Waals surface area contributed by atoms with Crippen molar-refractivity contribution < 1.29 is 19.1 Å². The van der Waals surface area contributed by atoms with Gasteiger partial charge in [0.2, 0.25) is 5.91 Å². The van der Waals surface area contributed by atoms with E-state index < -0.39 is 12.0 Å². The third-order valence-electron chi connectivity index (χ3n) is 6.44. The summed E-state index contributed by atoms with van der Waals surface area (Å²) in [7, 11) is 1.59. The van der Waals surface area contributed by atoms with Gasteiger partial charge in [-0.25, -0.2) is 0 Å². The van der Waals surface area contributed by atoms with Gasteiger partial charge in [-0.05, 0) is 72.5 Å². The highest BCUT2D eigenvalue weighted by Gasteiger charge is 2.36. The lowest BCUT2D eigenvalue weighted by Crippen LogP contribution is -2.41. The van der Waals surface area contributed by atoms with Crippen molar-refractivity contribution >= 4 is 29.0 Å². The van der Waals surface area contributed by atoms with Crippen LogP contribution >= 0.6 is 11.6 Å². The SMILES string of the molecule is CCC(=O)C(C#N)c1ccc(N2C(=O)Cc3cc(OC)c(OC(C)C)cc3C2c2ccc(Cl)cc2)cc1. The molecule has 6 nitrogen and oxygen atoms in total. The molecule has 0 aromatic heterocycles. The van der Waals surface area contributed by atoms with Crippen LogP contribution in [-0.2, 0) is 16.0 Å². The summed E-state index contributed by atoms with van der Waals surface area (Å²) in [5.74, 6) is 0.142. The number of fused-ring (bicyclic) bond motifs is 1. The van der Waals surface area contributed by atoms with E-state index in [-0.39, 0.29) is 30.6 Å². The van der Waals surface area contributed by atoms with Crippen molar-refractivity contribution in [2.75, 3.05) is 12.0 Å². The maximum absolute atomic E-state index is 13.6. The van der Waals surface area contributed by atoms with Crippen LogP contribution in [0.2, 0.25) is 5.02 Å². The van der Waals surface area contributed by atoms with E-state index in [0.29, 0.717) is 27.8 Å². The summed E-state index contributed by atoms with van der Waals surface area (Å²) in [6.45, 7) is 5.64. The highest BCUT2D eigenvalue weighted by atomic mass is 35.5. The number of anilines is 1. The molecule has 1 aliphatic rings. The first-order valence-corrected chi connectivity index (χ1v) is 12.6. The third-order valence-corrected chi connectivity index (χ3v) is 6.69. The third kappa shape index (κ3) is 5.33. The number of halogens is 1. The number of hydrogen-bond acceptors (Lipinski definition) is 5. The van der Waals surface area contributed by atoms with Gasteiger partial charge >= 0.3 is 0 Å². The second kappa shape index (κ2) is 11.1. The molecular weight excluding hydrogens is 488 g/mol. The Bertz CT molecular complexity index is 1340. The number of ketones is 1. The van der Waals surface area contributed by atoms with E-state index in [1.165, 1.54) is 0 Å². The first kappa shape index (κ1) is 26.2. The van der Waals surface area contributed by atoms with E-state index in [9.17, 15) is 14.9 Å². The summed E-state index contributed by atoms with van der Waals surface area (Å²) in [6.07, 6.45) is 0.410. The quantitative estimate of drug-likeness (QED) is 0.346. The molecule has 4 rings (SSSR count). The van der Waals surface area contributed by atoms with Gasteiger partial charge in [-0.2, -0.15) is 5.26 Å². The zero-order chi connectivity index (χ0) is 26.7. The van der Waals surface area contributed by atoms with Crippen LogP contribution in [0, 0.1) is 11.3 Å². The predicted molar refractivity (Wildman–Crippen MR) is 143 cm³/mol. The minimum absolute atomic E-state index is 0.0614. The smallest absolute Gasteiger partial charge is 0.232 e. The average Bonchev–Trinajstić information content (AvgIpc) is 2.89. The van der Waals surface area contributed by atoms with Crippen LogP contribution < -0.4 is 14.4 Å². The van der Waals surface area contributed by atoms with Crippen LogP contribution in [0.1, 0.15) is 61.4 Å². The van der Waals surface area contributed by atoms with Crippen molar-refractivity contribution in [2.24, 2.45) is 0 Å². The second-order valence-corrected chi connectivity index (χ2v) is 9.67. The largest absolute Gasteiger partial charge is 0.493 e. The lowest BCUT2D eigenvalue weighted by atomic mass is 9.86. The maximum Gasteiger partial charge on any atom is 0.232 e. The Balaban J connectivity index is 1.85. The molecule has 1 aliphatic heterocycles. The van der Waals surface area contributed by atoms with Crippen molar-refractivity contribution in [1.82, 2.24) is 0 Å². The van der Waals surface area contributed by atoms with E-state index >= 15 is 0 Å². The van der Waals surface area contributed by atoms with Crippen molar-refractivity contribution in [3.63, 3.8) is 0 Å². The monoisotopic (exact) mass is 516 g/mol. The molecule has 7 heteroatoms. The lowest BCUT2D eigenvalue weighted by molar-refractivity contribution is -0.119. The Morgan fingerprint density at radius 1 is 1.11 bits per heavy atom. The Hall–Kier alpha value is -3.82. The minimum atomic E-state index is -0.827. The highest BCUT2D eigenvalue weighted by Crippen LogP contribution is 2.44. The summed E-state index contributed by atoms with van der Waals surface area (Å²) in [4.78, 5) is 27.6. The molecular formula is C30H29ClN2O4. The van der Waals surface area contributed by atoms with Gasteiger partial charge in [-0.3, -0.25) is 9.59 Å². The molecule has 190 valence electrons. The maximum atomic E-state index is 13.6. The summed E-state index contributed by atoms with van der Waals surface area (Å²) in [5.41, 5.74) is 3.97. The Morgan fingerprint density at radius 3 is 2.35 bits per heavy atom. The van der Waals surface area contributed by atoms with E-state index in [4.69, 9.17) is 21.1 Å². The molecule has 1 heterocycles. The fourth-order valence-electron chi connectivity index (χ4n) is 4.69. The van der Waals surface area contributed by atoms with Gasteiger partial charge < -0.3 is 14.4 Å². The standard InChI is InChI=1S/C30H29ClN2O4/c1-5-26(34)25(17-32)19-8-12-23(13-9-19)33-29(35)15-21-14-27(36-4)28(37-18(2)3)16-24(21)30(33)20-6-10-22(31)11-7-20/h6-14,16,18,25,30H,5,15H2,1-4H3. The number of nitriles is 1. The van der Waals surface area contributed by atoms with Crippen molar-refractivity contribution in [3.8, 4) is 17.6 Å². The van der Waals surface area contributed by atoms with Gasteiger partial charge in [0.1, 0.15) is 5.92 Å². The molecule has 0 spiro atoms. The number of methoxy groups -OCH3 is 1. The summed E-state index contributed by atoms with van der Waals surface area (Å²) in [6, 6.07) is 20.0. The van der Waals surface area contributed by atoms with Crippen LogP contribution in [0.4, 0.5) is 5.69 Å². The molecule has 0 bridgehead atoms. The van der Waals surface area contributed by atoms with Crippen molar-refractivity contribution in [2.45, 2.75) is 51.7 Å². The van der Waals surface area contributed by atoms with Crippen molar-refractivity contribution in [3.05, 3.63) is 87.9 Å². The van der Waals surface area contributed by atoms with Crippen LogP contribution in [0.5, 0.6) is 11.5 Å². The molecule has 37 heavy (non-hydrogen) atoms. The van der Waals surface area contributed by atoms with Gasteiger partial charge in [0, 0.05) is 17.1 Å². The summed E-state index contributed by atoms with van der Waals surface area (Å²) >= 11 is 6.18. The highest BCUT2D eigenvalue weighted by molar-refractivity contribution is 6.30. The van der Waals surface area contributed by atoms with Crippen LogP contribution in [0.25, 0.3) is 0 Å². The van der Waals surface area contributed by atoms with Gasteiger partial charge in [-0.15, -0.1) is 0 Å². The van der Waals surface area contributed by atoms with E-state index in [1.54, 1.807) is 55.3 Å². The molecule has 0 fully saturated rings. The number of carbonyl (C=O) groups is 2. The van der Waals surface area contributed by atoms with Gasteiger partial charge in [0.15, 0.2) is 17.3 Å². The van der Waals surface area contributed by atoms with Gasteiger partial charge in [0.25, 0.3) is 0 Å². The van der Waals surface area contributed by atoms with Crippen molar-refractivity contribution in [1.29, 1.82) is 5.26 Å². The first-order valence-electron chi connectivity index (χ1n) is 12.2. The molecule has 1 amide bonds. The average molecular weight is 517 g/mol. The number of carbonyl (C=O) groups excluding carboxylic acids is 2. The fourth-order valence-corrected chi connectivity index (χ4v) is 4.82. The number of benzene rings is 3. The van der Waals surface area contributed by atoms with Crippen LogP contribution in [0.3, 0.4) is 0 Å². The van der Waals surface area contributed by atoms with E-state index in [1.807, 2.05) is 38.1 Å². The second-order valence-electron chi connectivity index (χ2n) is 9.24. The zero-order valence-corrected chi connectivity index (χ0v) is 22.1. The number of amides is 1. The molecule has 0 saturated carbocycles. The number of ether oxygens (including phenoxy) is 2. The minimum Gasteiger partial charge on any atom is -0.493 e. The van der Waals surface area contributed by atoms with Crippen LogP contribution in [0.15, 0.2) is 60.7 Å². The Morgan fingerprint density at radius 2 is 1.78 bits per heavy atom. The summed E-state index contributed by atoms with van der Waals surface area (Å²) < 4.78 is 11.6. The molecule has 2 atom stereocenters. The predicted octanol–water partition coefficient (Wildman–Crippen LogP) is 6.40. The molecule has 2 unspecified atom stereocenters. The van der Waals surface area contributed by atoms with E-state index in [2.05, 4.69) is 6.07 Å². The Labute approximate surface area is 222 Å². The topological polar surface area (TPSA) is 79.6 Å². The molecule has 3 aromatic rings. The molecule has 0 saturated heterocycles. The molecule has 0 N–H and O–H groups in total. The number of hydrogen-bond donors (Lipinski definition) is 0. The number of Topliss-reactive ketones (excluding diaryl/α,β-unsaturated/α-hetero) is 1. The number of nitrogens with zero attached hydrogens (tertiary/aromatic N) is 2.